The van der Waals surface area contributed by atoms with Crippen molar-refractivity contribution in [3.8, 4) is 5.75 Å². The van der Waals surface area contributed by atoms with Gasteiger partial charge >= 0.3 is 0 Å². The summed E-state index contributed by atoms with van der Waals surface area (Å²) in [4.78, 5) is 0. The first-order valence-corrected chi connectivity index (χ1v) is 7.33. The summed E-state index contributed by atoms with van der Waals surface area (Å²) in [6, 6.07) is 7.88. The molecular weight excluding hydrogens is 232 g/mol. The van der Waals surface area contributed by atoms with Crippen molar-refractivity contribution in [3.63, 3.8) is 0 Å². The van der Waals surface area contributed by atoms with E-state index in [-0.39, 0.29) is 6.10 Å². The average Bonchev–Trinajstić information content (AvgIpc) is 2.34. The van der Waals surface area contributed by atoms with Gasteiger partial charge in [0, 0.05) is 5.75 Å². The van der Waals surface area contributed by atoms with E-state index in [1.165, 1.54) is 12.8 Å². The Labute approximate surface area is 108 Å². The molecule has 0 bridgehead atoms. The van der Waals surface area contributed by atoms with Crippen LogP contribution in [0.25, 0.3) is 0 Å². The summed E-state index contributed by atoms with van der Waals surface area (Å²) in [6.45, 7) is 4.57. The highest BCUT2D eigenvalue weighted by Gasteiger charge is 2.06. The van der Waals surface area contributed by atoms with Crippen LogP contribution in [0.4, 0.5) is 0 Å². The van der Waals surface area contributed by atoms with Crippen molar-refractivity contribution in [2.45, 2.75) is 32.8 Å². The van der Waals surface area contributed by atoms with Gasteiger partial charge in [-0.2, -0.15) is 11.8 Å². The zero-order chi connectivity index (χ0) is 12.5. The van der Waals surface area contributed by atoms with Crippen LogP contribution in [-0.2, 0) is 0 Å². The molecule has 0 aliphatic rings. The molecule has 0 fully saturated rings. The molecule has 0 saturated heterocycles. The van der Waals surface area contributed by atoms with Gasteiger partial charge in [0.25, 0.3) is 0 Å². The molecule has 1 N–H and O–H groups in total. The predicted molar refractivity (Wildman–Crippen MR) is 74.9 cm³/mol. The minimum atomic E-state index is -0.378. The van der Waals surface area contributed by atoms with E-state index in [2.05, 4.69) is 6.92 Å². The Kier molecular flexibility index (Phi) is 7.13. The van der Waals surface area contributed by atoms with Gasteiger partial charge < -0.3 is 9.84 Å². The molecule has 0 amide bonds. The summed E-state index contributed by atoms with van der Waals surface area (Å²) >= 11 is 1.80. The van der Waals surface area contributed by atoms with Crippen molar-refractivity contribution in [2.75, 3.05) is 18.1 Å². The topological polar surface area (TPSA) is 29.5 Å². The lowest BCUT2D eigenvalue weighted by molar-refractivity contribution is 0.126. The quantitative estimate of drug-likeness (QED) is 0.722. The number of thioether (sulfide) groups is 1. The summed E-state index contributed by atoms with van der Waals surface area (Å²) in [6.07, 6.45) is 2.05. The highest BCUT2D eigenvalue weighted by Crippen LogP contribution is 2.16. The molecule has 0 unspecified atom stereocenters. The largest absolute Gasteiger partial charge is 0.491 e. The fourth-order valence-electron chi connectivity index (χ4n) is 1.42. The molecule has 0 aromatic heterocycles. The first-order valence-electron chi connectivity index (χ1n) is 6.18. The minimum absolute atomic E-state index is 0.378. The van der Waals surface area contributed by atoms with Crippen molar-refractivity contribution < 1.29 is 9.84 Å². The molecule has 0 spiro atoms. The highest BCUT2D eigenvalue weighted by molar-refractivity contribution is 7.99. The van der Waals surface area contributed by atoms with Crippen molar-refractivity contribution in [1.29, 1.82) is 0 Å². The van der Waals surface area contributed by atoms with Crippen LogP contribution in [0.2, 0.25) is 0 Å². The van der Waals surface area contributed by atoms with Gasteiger partial charge in [0.2, 0.25) is 0 Å². The van der Waals surface area contributed by atoms with Gasteiger partial charge in [0.15, 0.2) is 0 Å². The molecular formula is C14H22O2S. The smallest absolute Gasteiger partial charge is 0.122 e. The van der Waals surface area contributed by atoms with Gasteiger partial charge in [-0.3, -0.25) is 0 Å². The maximum absolute atomic E-state index is 9.75. The number of aliphatic hydroxyl groups excluding tert-OH is 1. The van der Waals surface area contributed by atoms with Gasteiger partial charge in [-0.25, -0.2) is 0 Å². The van der Waals surface area contributed by atoms with Crippen LogP contribution < -0.4 is 4.74 Å². The molecule has 1 atom stereocenters. The third kappa shape index (κ3) is 5.99. The lowest BCUT2D eigenvalue weighted by Gasteiger charge is -2.13. The van der Waals surface area contributed by atoms with E-state index in [0.29, 0.717) is 6.61 Å². The van der Waals surface area contributed by atoms with Crippen molar-refractivity contribution >= 4 is 11.8 Å². The molecule has 1 aromatic rings. The van der Waals surface area contributed by atoms with E-state index in [9.17, 15) is 5.11 Å². The number of ether oxygens (including phenoxy) is 1. The molecule has 0 radical (unpaired) electrons. The first kappa shape index (κ1) is 14.4. The average molecular weight is 254 g/mol. The molecule has 0 aliphatic carbocycles. The summed E-state index contributed by atoms with van der Waals surface area (Å²) in [5.74, 6) is 2.74. The number of aliphatic hydroxyl groups is 1. The standard InChI is InChI=1S/C14H22O2S/c1-3-4-9-17-11-13(15)10-16-14-8-6-5-7-12(14)2/h5-8,13,15H,3-4,9-11H2,1-2H3/t13-/m1/s1. The van der Waals surface area contributed by atoms with Gasteiger partial charge in [0.05, 0.1) is 6.10 Å². The second kappa shape index (κ2) is 8.43. The van der Waals surface area contributed by atoms with Gasteiger partial charge in [-0.1, -0.05) is 31.5 Å². The Hall–Kier alpha value is -0.670. The zero-order valence-electron chi connectivity index (χ0n) is 10.7. The van der Waals surface area contributed by atoms with Gasteiger partial charge in [-0.15, -0.1) is 0 Å². The number of benzene rings is 1. The van der Waals surface area contributed by atoms with Crippen LogP contribution in [0.5, 0.6) is 5.75 Å². The normalized spacial score (nSPS) is 12.4. The van der Waals surface area contributed by atoms with Gasteiger partial charge in [-0.05, 0) is 30.7 Å². The summed E-state index contributed by atoms with van der Waals surface area (Å²) in [5, 5.41) is 9.75. The fourth-order valence-corrected chi connectivity index (χ4v) is 2.45. The fraction of sp³-hybridized carbons (Fsp3) is 0.571. The number of hydrogen-bond acceptors (Lipinski definition) is 3. The zero-order valence-corrected chi connectivity index (χ0v) is 11.5. The molecule has 0 saturated carbocycles. The van der Waals surface area contributed by atoms with E-state index < -0.39 is 0 Å². The maximum Gasteiger partial charge on any atom is 0.122 e. The van der Waals surface area contributed by atoms with Crippen LogP contribution in [0.3, 0.4) is 0 Å². The molecule has 17 heavy (non-hydrogen) atoms. The Morgan fingerprint density at radius 1 is 1.35 bits per heavy atom. The lowest BCUT2D eigenvalue weighted by Crippen LogP contribution is -2.20. The van der Waals surface area contributed by atoms with E-state index in [0.717, 1.165) is 22.8 Å². The third-order valence-corrected chi connectivity index (χ3v) is 3.68. The predicted octanol–water partition coefficient (Wildman–Crippen LogP) is 3.27. The highest BCUT2D eigenvalue weighted by atomic mass is 32.2. The Morgan fingerprint density at radius 3 is 2.82 bits per heavy atom. The summed E-state index contributed by atoms with van der Waals surface area (Å²) in [5.41, 5.74) is 1.11. The molecule has 2 nitrogen and oxygen atoms in total. The van der Waals surface area contributed by atoms with E-state index in [1.807, 2.05) is 31.2 Å². The van der Waals surface area contributed by atoms with Crippen LogP contribution in [-0.4, -0.2) is 29.3 Å². The first-order chi connectivity index (χ1) is 8.24. The number of unbranched alkanes of at least 4 members (excludes halogenated alkanes) is 1. The minimum Gasteiger partial charge on any atom is -0.491 e. The molecule has 0 heterocycles. The van der Waals surface area contributed by atoms with Crippen LogP contribution >= 0.6 is 11.8 Å². The number of aryl methyl sites for hydroxylation is 1. The van der Waals surface area contributed by atoms with Crippen molar-refractivity contribution in [2.24, 2.45) is 0 Å². The molecule has 0 aliphatic heterocycles. The van der Waals surface area contributed by atoms with Gasteiger partial charge in [0.1, 0.15) is 12.4 Å². The molecule has 1 rings (SSSR count). The van der Waals surface area contributed by atoms with E-state index in [1.54, 1.807) is 11.8 Å². The third-order valence-electron chi connectivity index (χ3n) is 2.48. The monoisotopic (exact) mass is 254 g/mol. The number of rotatable bonds is 8. The Bertz CT molecular complexity index is 315. The second-order valence-electron chi connectivity index (χ2n) is 4.16. The van der Waals surface area contributed by atoms with E-state index >= 15 is 0 Å². The SMILES string of the molecule is CCCCSC[C@H](O)COc1ccccc1C. The molecule has 1 aromatic carbocycles. The Morgan fingerprint density at radius 2 is 2.12 bits per heavy atom. The number of para-hydroxylation sites is 1. The summed E-state index contributed by atoms with van der Waals surface area (Å²) in [7, 11) is 0. The molecule has 96 valence electrons. The molecule has 3 heteroatoms. The van der Waals surface area contributed by atoms with E-state index in [4.69, 9.17) is 4.74 Å². The van der Waals surface area contributed by atoms with Crippen molar-refractivity contribution in [1.82, 2.24) is 0 Å². The summed E-state index contributed by atoms with van der Waals surface area (Å²) < 4.78 is 5.59. The van der Waals surface area contributed by atoms with Crippen LogP contribution in [0.1, 0.15) is 25.3 Å². The second-order valence-corrected chi connectivity index (χ2v) is 5.31. The van der Waals surface area contributed by atoms with Crippen LogP contribution in [0.15, 0.2) is 24.3 Å². The Balaban J connectivity index is 2.19. The van der Waals surface area contributed by atoms with Crippen molar-refractivity contribution in [3.05, 3.63) is 29.8 Å². The lowest BCUT2D eigenvalue weighted by atomic mass is 10.2. The number of hydrogen-bond donors (Lipinski definition) is 1. The maximum atomic E-state index is 9.75. The van der Waals surface area contributed by atoms with Crippen LogP contribution in [0, 0.1) is 6.92 Å².